The average Bonchev–Trinajstić information content (AvgIpc) is 3.04. The number of benzene rings is 2. The molecule has 1 amide bonds. The van der Waals surface area contributed by atoms with Crippen molar-refractivity contribution in [3.05, 3.63) is 64.2 Å². The lowest BCUT2D eigenvalue weighted by molar-refractivity contribution is -0.140. The highest BCUT2D eigenvalue weighted by atomic mass is 35.5. The first-order chi connectivity index (χ1) is 15.0. The number of aliphatic hydroxyl groups excluding tert-OH is 1. The van der Waals surface area contributed by atoms with E-state index in [4.69, 9.17) is 25.8 Å². The number of halogens is 1. The number of hydrogen-bond donors (Lipinski definition) is 1. The number of aliphatic hydroxyl groups is 1. The molecule has 0 bridgehead atoms. The van der Waals surface area contributed by atoms with Gasteiger partial charge < -0.3 is 24.2 Å². The summed E-state index contributed by atoms with van der Waals surface area (Å²) in [5, 5.41) is 11.7. The lowest BCUT2D eigenvalue weighted by atomic mass is 9.95. The average molecular weight is 444 g/mol. The summed E-state index contributed by atoms with van der Waals surface area (Å²) in [4.78, 5) is 27.3. The highest BCUT2D eigenvalue weighted by Gasteiger charge is 2.45. The Balaban J connectivity index is 1.79. The second-order valence-corrected chi connectivity index (χ2v) is 7.69. The molecule has 2 aliphatic rings. The van der Waals surface area contributed by atoms with Crippen LogP contribution in [-0.4, -0.2) is 55.2 Å². The number of nitrogens with zero attached hydrogens (tertiary/aromatic N) is 1. The molecular weight excluding hydrogens is 422 g/mol. The zero-order valence-electron chi connectivity index (χ0n) is 17.0. The maximum absolute atomic E-state index is 13.0. The van der Waals surface area contributed by atoms with Crippen molar-refractivity contribution in [3.8, 4) is 11.5 Å². The maximum Gasteiger partial charge on any atom is 0.295 e. The zero-order valence-corrected chi connectivity index (χ0v) is 17.7. The Kier molecular flexibility index (Phi) is 6.15. The fraction of sp³-hybridized carbons (Fsp3) is 0.304. The van der Waals surface area contributed by atoms with Crippen LogP contribution in [-0.2, 0) is 14.3 Å². The molecular formula is C23H22ClNO6. The minimum Gasteiger partial charge on any atom is -0.507 e. The van der Waals surface area contributed by atoms with Crippen LogP contribution in [0.2, 0.25) is 5.02 Å². The summed E-state index contributed by atoms with van der Waals surface area (Å²) < 4.78 is 16.2. The van der Waals surface area contributed by atoms with Crippen molar-refractivity contribution in [1.29, 1.82) is 0 Å². The first-order valence-corrected chi connectivity index (χ1v) is 10.3. The number of Topliss-reactive ketones (excluding diaryl/α,β-unsaturated/α-hetero) is 1. The first-order valence-electron chi connectivity index (χ1n) is 9.94. The van der Waals surface area contributed by atoms with Crippen molar-refractivity contribution in [3.63, 3.8) is 0 Å². The molecule has 1 fully saturated rings. The second-order valence-electron chi connectivity index (χ2n) is 7.25. The largest absolute Gasteiger partial charge is 0.507 e. The molecule has 1 unspecified atom stereocenters. The number of ether oxygens (including phenoxy) is 3. The van der Waals surface area contributed by atoms with Crippen LogP contribution in [0.25, 0.3) is 5.76 Å². The molecule has 162 valence electrons. The van der Waals surface area contributed by atoms with Gasteiger partial charge in [-0.1, -0.05) is 23.7 Å². The third-order valence-corrected chi connectivity index (χ3v) is 5.54. The van der Waals surface area contributed by atoms with Gasteiger partial charge in [-0.3, -0.25) is 9.59 Å². The van der Waals surface area contributed by atoms with Gasteiger partial charge in [0.05, 0.1) is 11.6 Å². The second kappa shape index (κ2) is 8.99. The minimum atomic E-state index is -0.734. The van der Waals surface area contributed by atoms with E-state index < -0.39 is 17.7 Å². The summed E-state index contributed by atoms with van der Waals surface area (Å²) in [6.45, 7) is 1.59. The summed E-state index contributed by atoms with van der Waals surface area (Å²) in [6, 6.07) is 11.1. The van der Waals surface area contributed by atoms with Gasteiger partial charge in [0.2, 0.25) is 0 Å². The van der Waals surface area contributed by atoms with Crippen LogP contribution in [0, 0.1) is 0 Å². The van der Waals surface area contributed by atoms with E-state index in [9.17, 15) is 14.7 Å². The Hall–Kier alpha value is -3.03. The van der Waals surface area contributed by atoms with Gasteiger partial charge in [0, 0.05) is 30.8 Å². The molecule has 2 heterocycles. The zero-order chi connectivity index (χ0) is 22.0. The molecule has 4 rings (SSSR count). The number of ketones is 1. The van der Waals surface area contributed by atoms with E-state index in [1.165, 1.54) is 4.90 Å². The molecule has 2 aromatic carbocycles. The molecule has 7 nitrogen and oxygen atoms in total. The van der Waals surface area contributed by atoms with E-state index in [0.717, 1.165) is 0 Å². The topological polar surface area (TPSA) is 85.3 Å². The lowest BCUT2D eigenvalue weighted by Gasteiger charge is -2.25. The van der Waals surface area contributed by atoms with Gasteiger partial charge in [-0.15, -0.1) is 0 Å². The van der Waals surface area contributed by atoms with Crippen LogP contribution in [0.15, 0.2) is 48.0 Å². The Bertz CT molecular complexity index is 1030. The number of methoxy groups -OCH3 is 1. The van der Waals surface area contributed by atoms with E-state index in [0.29, 0.717) is 60.4 Å². The molecule has 0 spiro atoms. The number of fused-ring (bicyclic) bond motifs is 1. The summed E-state index contributed by atoms with van der Waals surface area (Å²) >= 11 is 6.03. The number of likely N-dealkylation sites (tertiary alicyclic amines) is 1. The van der Waals surface area contributed by atoms with Crippen LogP contribution >= 0.6 is 11.6 Å². The number of rotatable bonds is 6. The van der Waals surface area contributed by atoms with Crippen LogP contribution in [0.4, 0.5) is 0 Å². The standard InChI is InChI=1S/C23H22ClNO6/c1-29-10-2-9-25-20(14-3-6-16(24)7-4-14)19(22(27)23(25)28)21(26)15-5-8-17-18(13-15)31-12-11-30-17/h3-8,13,20,26H,2,9-12H2,1H3. The fourth-order valence-corrected chi connectivity index (χ4v) is 3.95. The Labute approximate surface area is 184 Å². The number of carbonyl (C=O) groups excluding carboxylic acids is 2. The minimum absolute atomic E-state index is 0.0291. The first kappa shape index (κ1) is 21.2. The van der Waals surface area contributed by atoms with Gasteiger partial charge in [-0.05, 0) is 42.3 Å². The normalized spacial score (nSPS) is 19.7. The molecule has 0 saturated carbocycles. The van der Waals surface area contributed by atoms with Crippen LogP contribution < -0.4 is 9.47 Å². The van der Waals surface area contributed by atoms with E-state index in [1.54, 1.807) is 49.6 Å². The molecule has 31 heavy (non-hydrogen) atoms. The summed E-state index contributed by atoms with van der Waals surface area (Å²) in [7, 11) is 1.58. The molecule has 0 aromatic heterocycles. The number of carbonyl (C=O) groups is 2. The van der Waals surface area contributed by atoms with Crippen molar-refractivity contribution in [1.82, 2.24) is 4.90 Å². The van der Waals surface area contributed by atoms with Gasteiger partial charge in [0.15, 0.2) is 11.5 Å². The van der Waals surface area contributed by atoms with Gasteiger partial charge in [0.1, 0.15) is 19.0 Å². The molecule has 0 aliphatic carbocycles. The van der Waals surface area contributed by atoms with E-state index in [1.807, 2.05) is 0 Å². The lowest BCUT2D eigenvalue weighted by Crippen LogP contribution is -2.31. The van der Waals surface area contributed by atoms with Crippen molar-refractivity contribution >= 4 is 29.1 Å². The maximum atomic E-state index is 13.0. The van der Waals surface area contributed by atoms with Crippen molar-refractivity contribution in [2.24, 2.45) is 0 Å². The predicted molar refractivity (Wildman–Crippen MR) is 114 cm³/mol. The van der Waals surface area contributed by atoms with E-state index in [2.05, 4.69) is 0 Å². The molecule has 0 radical (unpaired) electrons. The highest BCUT2D eigenvalue weighted by molar-refractivity contribution is 6.46. The van der Waals surface area contributed by atoms with E-state index >= 15 is 0 Å². The quantitative estimate of drug-likeness (QED) is 0.318. The monoisotopic (exact) mass is 443 g/mol. The van der Waals surface area contributed by atoms with Gasteiger partial charge in [0.25, 0.3) is 11.7 Å². The van der Waals surface area contributed by atoms with Crippen LogP contribution in [0.1, 0.15) is 23.6 Å². The summed E-state index contributed by atoms with van der Waals surface area (Å²) in [5.74, 6) is -0.603. The molecule has 1 N–H and O–H groups in total. The molecule has 2 aromatic rings. The highest BCUT2D eigenvalue weighted by Crippen LogP contribution is 2.41. The summed E-state index contributed by atoms with van der Waals surface area (Å²) in [6.07, 6.45) is 0.553. The van der Waals surface area contributed by atoms with Crippen LogP contribution in [0.3, 0.4) is 0 Å². The molecule has 1 saturated heterocycles. The van der Waals surface area contributed by atoms with Crippen LogP contribution in [0.5, 0.6) is 11.5 Å². The predicted octanol–water partition coefficient (Wildman–Crippen LogP) is 3.57. The third-order valence-electron chi connectivity index (χ3n) is 5.29. The van der Waals surface area contributed by atoms with Crippen molar-refractivity contribution < 1.29 is 28.9 Å². The van der Waals surface area contributed by atoms with Gasteiger partial charge in [-0.25, -0.2) is 0 Å². The smallest absolute Gasteiger partial charge is 0.295 e. The van der Waals surface area contributed by atoms with E-state index in [-0.39, 0.29) is 11.3 Å². The Morgan fingerprint density at radius 1 is 1.13 bits per heavy atom. The molecule has 2 aliphatic heterocycles. The fourth-order valence-electron chi connectivity index (χ4n) is 3.83. The third kappa shape index (κ3) is 4.11. The number of amides is 1. The Morgan fingerprint density at radius 2 is 1.84 bits per heavy atom. The van der Waals surface area contributed by atoms with Crippen molar-refractivity contribution in [2.75, 3.05) is 33.5 Å². The molecule has 1 atom stereocenters. The molecule has 8 heteroatoms. The summed E-state index contributed by atoms with van der Waals surface area (Å²) in [5.41, 5.74) is 1.08. The van der Waals surface area contributed by atoms with Crippen molar-refractivity contribution in [2.45, 2.75) is 12.5 Å². The number of hydrogen-bond acceptors (Lipinski definition) is 6. The Morgan fingerprint density at radius 3 is 2.55 bits per heavy atom. The van der Waals surface area contributed by atoms with Gasteiger partial charge >= 0.3 is 0 Å². The van der Waals surface area contributed by atoms with Gasteiger partial charge in [-0.2, -0.15) is 0 Å². The SMILES string of the molecule is COCCCN1C(=O)C(=O)C(=C(O)c2ccc3c(c2)OCCO3)C1c1ccc(Cl)cc1.